The standard InChI is InChI=1S/C24H24N2O5S/c27-23(26-22-11-5-9-18-7-3-4-10-21(18)22)16-31-24(28)15-25-32(29,30)20-13-12-17-6-1-2-8-19(17)14-20/h1-4,6-8,10,12-14,22,25H,5,9,11,15-16H2,(H,26,27)/t22-/m1/s1. The summed E-state index contributed by atoms with van der Waals surface area (Å²) in [6.45, 7) is -1.02. The van der Waals surface area contributed by atoms with Gasteiger partial charge in [0.1, 0.15) is 6.54 Å². The Morgan fingerprint density at radius 3 is 2.56 bits per heavy atom. The van der Waals surface area contributed by atoms with E-state index in [2.05, 4.69) is 16.1 Å². The first-order valence-electron chi connectivity index (χ1n) is 10.4. The van der Waals surface area contributed by atoms with Crippen LogP contribution in [0.15, 0.2) is 71.6 Å². The van der Waals surface area contributed by atoms with Gasteiger partial charge in [-0.05, 0) is 53.3 Å². The number of carbonyl (C=O) groups excluding carboxylic acids is 2. The highest BCUT2D eigenvalue weighted by atomic mass is 32.2. The maximum absolute atomic E-state index is 12.5. The van der Waals surface area contributed by atoms with Crippen LogP contribution >= 0.6 is 0 Å². The molecule has 4 rings (SSSR count). The minimum Gasteiger partial charge on any atom is -0.455 e. The predicted molar refractivity (Wildman–Crippen MR) is 120 cm³/mol. The zero-order valence-electron chi connectivity index (χ0n) is 17.4. The van der Waals surface area contributed by atoms with Gasteiger partial charge < -0.3 is 10.1 Å². The molecule has 1 aliphatic carbocycles. The number of sulfonamides is 1. The van der Waals surface area contributed by atoms with E-state index in [0.29, 0.717) is 0 Å². The second kappa shape index (κ2) is 9.50. The smallest absolute Gasteiger partial charge is 0.321 e. The number of hydrogen-bond acceptors (Lipinski definition) is 5. The fourth-order valence-corrected chi connectivity index (χ4v) is 4.91. The molecule has 0 fully saturated rings. The van der Waals surface area contributed by atoms with Gasteiger partial charge in [0.25, 0.3) is 5.91 Å². The Hall–Kier alpha value is -3.23. The quantitative estimate of drug-likeness (QED) is 0.537. The van der Waals surface area contributed by atoms with Gasteiger partial charge in [0.05, 0.1) is 10.9 Å². The molecule has 0 radical (unpaired) electrons. The Labute approximate surface area is 186 Å². The second-order valence-corrected chi connectivity index (χ2v) is 9.47. The Balaban J connectivity index is 1.28. The minimum absolute atomic E-state index is 0.0534. The summed E-state index contributed by atoms with van der Waals surface area (Å²) in [7, 11) is -3.89. The first kappa shape index (κ1) is 22.0. The summed E-state index contributed by atoms with van der Waals surface area (Å²) in [6, 6.07) is 19.9. The molecule has 1 atom stereocenters. The van der Waals surface area contributed by atoms with E-state index in [4.69, 9.17) is 4.74 Å². The van der Waals surface area contributed by atoms with Gasteiger partial charge in [0.15, 0.2) is 6.61 Å². The molecule has 1 amide bonds. The maximum Gasteiger partial charge on any atom is 0.321 e. The van der Waals surface area contributed by atoms with E-state index >= 15 is 0 Å². The van der Waals surface area contributed by atoms with Crippen molar-refractivity contribution < 1.29 is 22.7 Å². The molecule has 3 aromatic carbocycles. The molecule has 0 bridgehead atoms. The Kier molecular flexibility index (Phi) is 6.53. The number of rotatable bonds is 7. The number of fused-ring (bicyclic) bond motifs is 2. The molecule has 0 heterocycles. The summed E-state index contributed by atoms with van der Waals surface area (Å²) in [5.41, 5.74) is 2.30. The Morgan fingerprint density at radius 1 is 0.969 bits per heavy atom. The number of nitrogens with one attached hydrogen (secondary N) is 2. The molecule has 0 aromatic heterocycles. The van der Waals surface area contributed by atoms with Gasteiger partial charge in [0.2, 0.25) is 10.0 Å². The van der Waals surface area contributed by atoms with Crippen LogP contribution < -0.4 is 10.0 Å². The van der Waals surface area contributed by atoms with Crippen molar-refractivity contribution in [2.24, 2.45) is 0 Å². The largest absolute Gasteiger partial charge is 0.455 e. The second-order valence-electron chi connectivity index (χ2n) is 7.71. The lowest BCUT2D eigenvalue weighted by Crippen LogP contribution is -2.36. The number of ether oxygens (including phenoxy) is 1. The van der Waals surface area contributed by atoms with E-state index in [9.17, 15) is 18.0 Å². The van der Waals surface area contributed by atoms with Crippen molar-refractivity contribution in [2.45, 2.75) is 30.2 Å². The summed E-state index contributed by atoms with van der Waals surface area (Å²) in [5, 5.41) is 4.58. The summed E-state index contributed by atoms with van der Waals surface area (Å²) in [5.74, 6) is -1.24. The van der Waals surface area contributed by atoms with E-state index in [0.717, 1.165) is 35.6 Å². The van der Waals surface area contributed by atoms with Crippen molar-refractivity contribution in [1.82, 2.24) is 10.0 Å². The topological polar surface area (TPSA) is 102 Å². The summed E-state index contributed by atoms with van der Waals surface area (Å²) in [4.78, 5) is 24.3. The lowest BCUT2D eigenvalue weighted by Gasteiger charge is -2.26. The molecule has 0 saturated heterocycles. The van der Waals surface area contributed by atoms with Crippen LogP contribution in [0, 0.1) is 0 Å². The third-order valence-corrected chi connectivity index (χ3v) is 6.91. The maximum atomic E-state index is 12.5. The number of amides is 1. The average molecular weight is 453 g/mol. The molecule has 32 heavy (non-hydrogen) atoms. The third kappa shape index (κ3) is 5.15. The lowest BCUT2D eigenvalue weighted by molar-refractivity contribution is -0.147. The number of esters is 1. The van der Waals surface area contributed by atoms with Crippen molar-refractivity contribution >= 4 is 32.7 Å². The van der Waals surface area contributed by atoms with Crippen molar-refractivity contribution in [3.05, 3.63) is 77.9 Å². The van der Waals surface area contributed by atoms with Crippen molar-refractivity contribution in [1.29, 1.82) is 0 Å². The molecule has 8 heteroatoms. The van der Waals surface area contributed by atoms with Crippen LogP contribution in [0.3, 0.4) is 0 Å². The van der Waals surface area contributed by atoms with Crippen LogP contribution in [0.25, 0.3) is 10.8 Å². The highest BCUT2D eigenvalue weighted by Crippen LogP contribution is 2.29. The van der Waals surface area contributed by atoms with Crippen LogP contribution in [-0.4, -0.2) is 33.4 Å². The molecule has 0 unspecified atom stereocenters. The molecule has 2 N–H and O–H groups in total. The SMILES string of the molecule is O=C(COC(=O)CNS(=O)(=O)c1ccc2ccccc2c1)N[C@@H]1CCCc2ccccc21. The van der Waals surface area contributed by atoms with Gasteiger partial charge in [-0.25, -0.2) is 8.42 Å². The first-order valence-corrected chi connectivity index (χ1v) is 11.9. The van der Waals surface area contributed by atoms with Crippen LogP contribution in [0.4, 0.5) is 0 Å². The third-order valence-electron chi connectivity index (χ3n) is 5.51. The van der Waals surface area contributed by atoms with Crippen LogP contribution in [0.5, 0.6) is 0 Å². The first-order chi connectivity index (χ1) is 15.4. The zero-order valence-corrected chi connectivity index (χ0v) is 18.2. The lowest BCUT2D eigenvalue weighted by atomic mass is 9.88. The Morgan fingerprint density at radius 2 is 1.72 bits per heavy atom. The fourth-order valence-electron chi connectivity index (χ4n) is 3.91. The molecular formula is C24H24N2O5S. The minimum atomic E-state index is -3.89. The number of benzene rings is 3. The normalized spacial score (nSPS) is 15.7. The van der Waals surface area contributed by atoms with Crippen molar-refractivity contribution in [3.63, 3.8) is 0 Å². The molecule has 0 saturated carbocycles. The monoisotopic (exact) mass is 452 g/mol. The molecule has 7 nitrogen and oxygen atoms in total. The van der Waals surface area contributed by atoms with Crippen LogP contribution in [0.2, 0.25) is 0 Å². The summed E-state index contributed by atoms with van der Waals surface area (Å²) >= 11 is 0. The fraction of sp³-hybridized carbons (Fsp3) is 0.250. The van der Waals surface area contributed by atoms with Gasteiger partial charge in [-0.1, -0.05) is 54.6 Å². The molecule has 0 aliphatic heterocycles. The van der Waals surface area contributed by atoms with Gasteiger partial charge in [-0.3, -0.25) is 9.59 Å². The van der Waals surface area contributed by atoms with E-state index in [-0.39, 0.29) is 10.9 Å². The van der Waals surface area contributed by atoms with Crippen molar-refractivity contribution in [2.75, 3.05) is 13.2 Å². The number of aryl methyl sites for hydroxylation is 1. The van der Waals surface area contributed by atoms with Crippen LogP contribution in [-0.2, 0) is 30.8 Å². The van der Waals surface area contributed by atoms with E-state index in [1.165, 1.54) is 11.6 Å². The van der Waals surface area contributed by atoms with Gasteiger partial charge in [-0.15, -0.1) is 0 Å². The van der Waals surface area contributed by atoms with Gasteiger partial charge in [-0.2, -0.15) is 4.72 Å². The van der Waals surface area contributed by atoms with Gasteiger partial charge >= 0.3 is 5.97 Å². The van der Waals surface area contributed by atoms with E-state index in [1.54, 1.807) is 12.1 Å². The summed E-state index contributed by atoms with van der Waals surface area (Å²) < 4.78 is 32.2. The Bertz CT molecular complexity index is 1260. The molecule has 166 valence electrons. The van der Waals surface area contributed by atoms with Gasteiger partial charge in [0, 0.05) is 0 Å². The molecule has 3 aromatic rings. The molecule has 1 aliphatic rings. The molecular weight excluding hydrogens is 428 g/mol. The summed E-state index contributed by atoms with van der Waals surface area (Å²) in [6.07, 6.45) is 2.77. The molecule has 0 spiro atoms. The van der Waals surface area contributed by atoms with Crippen LogP contribution in [0.1, 0.15) is 30.0 Å². The zero-order chi connectivity index (χ0) is 22.6. The van der Waals surface area contributed by atoms with Crippen molar-refractivity contribution in [3.8, 4) is 0 Å². The van der Waals surface area contributed by atoms with E-state index < -0.39 is 35.1 Å². The highest BCUT2D eigenvalue weighted by molar-refractivity contribution is 7.89. The number of carbonyl (C=O) groups is 2. The highest BCUT2D eigenvalue weighted by Gasteiger charge is 2.22. The van der Waals surface area contributed by atoms with E-state index in [1.807, 2.05) is 42.5 Å². The predicted octanol–water partition coefficient (Wildman–Crippen LogP) is 2.86. The average Bonchev–Trinajstić information content (AvgIpc) is 2.81. The number of hydrogen-bond donors (Lipinski definition) is 2.